The van der Waals surface area contributed by atoms with Crippen molar-refractivity contribution < 1.29 is 4.79 Å². The molecule has 0 bridgehead atoms. The van der Waals surface area contributed by atoms with Crippen molar-refractivity contribution in [1.82, 2.24) is 14.3 Å². The van der Waals surface area contributed by atoms with Crippen molar-refractivity contribution >= 4 is 45.7 Å². The van der Waals surface area contributed by atoms with Crippen LogP contribution in [0.25, 0.3) is 16.9 Å². The van der Waals surface area contributed by atoms with Crippen molar-refractivity contribution in [2.24, 2.45) is 0 Å². The van der Waals surface area contributed by atoms with Crippen molar-refractivity contribution in [2.75, 3.05) is 14.1 Å². The minimum Gasteiger partial charge on any atom is -0.348 e. The molecular weight excluding hydrogens is 425 g/mol. The van der Waals surface area contributed by atoms with Gasteiger partial charge in [0.15, 0.2) is 0 Å². The van der Waals surface area contributed by atoms with Crippen LogP contribution in [-0.2, 0) is 11.2 Å². The number of rotatable bonds is 3. The topological polar surface area (TPSA) is 37.6 Å². The van der Waals surface area contributed by atoms with Gasteiger partial charge in [-0.25, -0.2) is 4.98 Å². The zero-order valence-electron chi connectivity index (χ0n) is 12.8. The number of benzene rings is 1. The van der Waals surface area contributed by atoms with Gasteiger partial charge in [-0.1, -0.05) is 23.7 Å². The number of halogens is 2. The number of likely N-dealkylation sites (N-methyl/N-ethyl adjacent to an activating group) is 1. The van der Waals surface area contributed by atoms with Gasteiger partial charge in [-0.2, -0.15) is 0 Å². The Bertz CT molecular complexity index is 871. The van der Waals surface area contributed by atoms with Crippen LogP contribution >= 0.6 is 34.2 Å². The number of aromatic nitrogens is 2. The highest BCUT2D eigenvalue weighted by Gasteiger charge is 2.18. The highest BCUT2D eigenvalue weighted by Crippen LogP contribution is 2.27. The van der Waals surface area contributed by atoms with Gasteiger partial charge in [0.2, 0.25) is 5.91 Å². The summed E-state index contributed by atoms with van der Waals surface area (Å²) in [5.41, 5.74) is 3.44. The molecule has 0 saturated carbocycles. The maximum Gasteiger partial charge on any atom is 0.228 e. The Morgan fingerprint density at radius 1 is 1.22 bits per heavy atom. The van der Waals surface area contributed by atoms with Gasteiger partial charge in [0.1, 0.15) is 5.65 Å². The number of hydrogen-bond acceptors (Lipinski definition) is 2. The fourth-order valence-electron chi connectivity index (χ4n) is 2.38. The maximum atomic E-state index is 12.2. The summed E-state index contributed by atoms with van der Waals surface area (Å²) in [6, 6.07) is 11.8. The monoisotopic (exact) mass is 439 g/mol. The van der Waals surface area contributed by atoms with E-state index in [9.17, 15) is 4.79 Å². The summed E-state index contributed by atoms with van der Waals surface area (Å²) >= 11 is 8.39. The van der Waals surface area contributed by atoms with E-state index < -0.39 is 0 Å². The third kappa shape index (κ3) is 3.35. The quantitative estimate of drug-likeness (QED) is 0.581. The molecule has 0 atom stereocenters. The smallest absolute Gasteiger partial charge is 0.228 e. The SMILES string of the molecule is CN(C)C(=O)Cc1c(-c2ccc(I)cc2)nc2ccc(Cl)cn12. The molecule has 2 heterocycles. The Kier molecular flexibility index (Phi) is 4.59. The van der Waals surface area contributed by atoms with Gasteiger partial charge in [0.05, 0.1) is 22.8 Å². The zero-order valence-corrected chi connectivity index (χ0v) is 15.7. The first-order chi connectivity index (χ1) is 11.0. The number of nitrogens with zero attached hydrogens (tertiary/aromatic N) is 3. The van der Waals surface area contributed by atoms with Gasteiger partial charge in [-0.15, -0.1) is 0 Å². The van der Waals surface area contributed by atoms with Crippen LogP contribution in [0.5, 0.6) is 0 Å². The highest BCUT2D eigenvalue weighted by atomic mass is 127. The molecule has 4 nitrogen and oxygen atoms in total. The predicted octanol–water partition coefficient (Wildman–Crippen LogP) is 3.89. The van der Waals surface area contributed by atoms with E-state index >= 15 is 0 Å². The normalized spacial score (nSPS) is 11.0. The van der Waals surface area contributed by atoms with Gasteiger partial charge < -0.3 is 9.30 Å². The van der Waals surface area contributed by atoms with Crippen molar-refractivity contribution in [3.05, 3.63) is 56.9 Å². The molecule has 0 aliphatic rings. The molecule has 0 saturated heterocycles. The Hall–Kier alpha value is -1.60. The minimum absolute atomic E-state index is 0.0264. The number of fused-ring (bicyclic) bond motifs is 1. The van der Waals surface area contributed by atoms with Crippen LogP contribution in [0.4, 0.5) is 0 Å². The summed E-state index contributed by atoms with van der Waals surface area (Å²) in [7, 11) is 3.51. The van der Waals surface area contributed by atoms with E-state index in [0.29, 0.717) is 5.02 Å². The van der Waals surface area contributed by atoms with Crippen LogP contribution in [0.1, 0.15) is 5.69 Å². The van der Waals surface area contributed by atoms with Gasteiger partial charge in [0.25, 0.3) is 0 Å². The van der Waals surface area contributed by atoms with Crippen molar-refractivity contribution in [2.45, 2.75) is 6.42 Å². The number of carbonyl (C=O) groups excluding carboxylic acids is 1. The first kappa shape index (κ1) is 16.3. The lowest BCUT2D eigenvalue weighted by Crippen LogP contribution is -2.24. The predicted molar refractivity (Wildman–Crippen MR) is 101 cm³/mol. The average Bonchev–Trinajstić information content (AvgIpc) is 2.86. The number of hydrogen-bond donors (Lipinski definition) is 0. The molecular formula is C17H15ClIN3O. The molecule has 2 aromatic heterocycles. The third-order valence-electron chi connectivity index (χ3n) is 3.62. The number of imidazole rings is 1. The summed E-state index contributed by atoms with van der Waals surface area (Å²) in [5, 5.41) is 0.614. The summed E-state index contributed by atoms with van der Waals surface area (Å²) < 4.78 is 3.06. The van der Waals surface area contributed by atoms with Crippen molar-refractivity contribution in [1.29, 1.82) is 0 Å². The van der Waals surface area contributed by atoms with Gasteiger partial charge in [0, 0.05) is 29.4 Å². The van der Waals surface area contributed by atoms with E-state index in [2.05, 4.69) is 22.6 Å². The molecule has 1 amide bonds. The molecule has 0 fully saturated rings. The van der Waals surface area contributed by atoms with Gasteiger partial charge >= 0.3 is 0 Å². The van der Waals surface area contributed by atoms with Crippen LogP contribution in [0.15, 0.2) is 42.6 Å². The molecule has 0 unspecified atom stereocenters. The Labute approximate surface area is 153 Å². The molecule has 0 aliphatic heterocycles. The fraction of sp³-hybridized carbons (Fsp3) is 0.176. The zero-order chi connectivity index (χ0) is 16.6. The molecule has 1 aromatic carbocycles. The Morgan fingerprint density at radius 2 is 1.91 bits per heavy atom. The summed E-state index contributed by atoms with van der Waals surface area (Å²) in [5.74, 6) is 0.0264. The minimum atomic E-state index is 0.0264. The molecule has 3 aromatic rings. The molecule has 0 radical (unpaired) electrons. The first-order valence-corrected chi connectivity index (χ1v) is 8.54. The molecule has 3 rings (SSSR count). The molecule has 0 spiro atoms. The molecule has 0 N–H and O–H groups in total. The average molecular weight is 440 g/mol. The summed E-state index contributed by atoms with van der Waals surface area (Å²) in [6.45, 7) is 0. The Morgan fingerprint density at radius 3 is 2.57 bits per heavy atom. The van der Waals surface area contributed by atoms with E-state index in [1.165, 1.54) is 0 Å². The van der Waals surface area contributed by atoms with Crippen molar-refractivity contribution in [3.8, 4) is 11.3 Å². The number of carbonyl (C=O) groups is 1. The maximum absolute atomic E-state index is 12.2. The number of pyridine rings is 1. The molecule has 6 heteroatoms. The largest absolute Gasteiger partial charge is 0.348 e. The van der Waals surface area contributed by atoms with Crippen LogP contribution < -0.4 is 0 Å². The first-order valence-electron chi connectivity index (χ1n) is 7.08. The Balaban J connectivity index is 2.19. The summed E-state index contributed by atoms with van der Waals surface area (Å²) in [4.78, 5) is 18.5. The van der Waals surface area contributed by atoms with E-state index in [1.807, 2.05) is 34.7 Å². The van der Waals surface area contributed by atoms with Crippen LogP contribution in [0.3, 0.4) is 0 Å². The second-order valence-electron chi connectivity index (χ2n) is 5.45. The van der Waals surface area contributed by atoms with E-state index in [1.54, 1.807) is 31.3 Å². The number of amides is 1. The summed E-state index contributed by atoms with van der Waals surface area (Å²) in [6.07, 6.45) is 2.08. The molecule has 118 valence electrons. The lowest BCUT2D eigenvalue weighted by Gasteiger charge is -2.11. The fourth-order valence-corrected chi connectivity index (χ4v) is 2.90. The molecule has 0 aliphatic carbocycles. The van der Waals surface area contributed by atoms with E-state index in [4.69, 9.17) is 16.6 Å². The van der Waals surface area contributed by atoms with Crippen molar-refractivity contribution in [3.63, 3.8) is 0 Å². The second-order valence-corrected chi connectivity index (χ2v) is 7.14. The lowest BCUT2D eigenvalue weighted by molar-refractivity contribution is -0.128. The van der Waals surface area contributed by atoms with Gasteiger partial charge in [-0.3, -0.25) is 4.79 Å². The lowest BCUT2D eigenvalue weighted by atomic mass is 10.1. The highest BCUT2D eigenvalue weighted by molar-refractivity contribution is 14.1. The van der Waals surface area contributed by atoms with Gasteiger partial charge in [-0.05, 0) is 46.9 Å². The van der Waals surface area contributed by atoms with E-state index in [-0.39, 0.29) is 12.3 Å². The van der Waals surface area contributed by atoms with Crippen LogP contribution in [-0.4, -0.2) is 34.3 Å². The van der Waals surface area contributed by atoms with E-state index in [0.717, 1.165) is 26.2 Å². The second kappa shape index (κ2) is 6.49. The third-order valence-corrected chi connectivity index (χ3v) is 4.56. The molecule has 23 heavy (non-hydrogen) atoms. The van der Waals surface area contributed by atoms with Crippen LogP contribution in [0.2, 0.25) is 5.02 Å². The standard InChI is InChI=1S/C17H15ClIN3O/c1-21(2)16(23)9-14-17(11-3-6-13(19)7-4-11)20-15-8-5-12(18)10-22(14)15/h3-8,10H,9H2,1-2H3. The van der Waals surface area contributed by atoms with Crippen LogP contribution in [0, 0.1) is 3.57 Å².